The van der Waals surface area contributed by atoms with E-state index >= 15 is 0 Å². The third-order valence-corrected chi connectivity index (χ3v) is 7.70. The fraction of sp³-hybridized carbons (Fsp3) is 0.471. The van der Waals surface area contributed by atoms with E-state index in [1.807, 2.05) is 6.92 Å². The molecule has 146 valence electrons. The predicted octanol–water partition coefficient (Wildman–Crippen LogP) is 1.25. The van der Waals surface area contributed by atoms with Gasteiger partial charge >= 0.3 is 0 Å². The molecule has 1 aliphatic heterocycles. The van der Waals surface area contributed by atoms with Gasteiger partial charge in [0.05, 0.1) is 0 Å². The summed E-state index contributed by atoms with van der Waals surface area (Å²) in [7, 11) is -3.50. The monoisotopic (exact) mass is 410 g/mol. The second-order valence-electron chi connectivity index (χ2n) is 6.26. The van der Waals surface area contributed by atoms with Crippen molar-refractivity contribution >= 4 is 27.3 Å². The summed E-state index contributed by atoms with van der Waals surface area (Å²) in [6.45, 7) is 3.55. The number of aryl methyl sites for hydroxylation is 1. The average Bonchev–Trinajstić information content (AvgIpc) is 3.22. The predicted molar refractivity (Wildman–Crippen MR) is 102 cm³/mol. The Morgan fingerprint density at radius 2 is 1.93 bits per heavy atom. The molecular weight excluding hydrogens is 388 g/mol. The lowest BCUT2D eigenvalue weighted by Crippen LogP contribution is -2.50. The van der Waals surface area contributed by atoms with Crippen molar-refractivity contribution in [2.24, 2.45) is 0 Å². The van der Waals surface area contributed by atoms with Gasteiger partial charge in [0.2, 0.25) is 0 Å². The molecule has 3 rings (SSSR count). The van der Waals surface area contributed by atoms with Crippen LogP contribution in [-0.2, 0) is 16.6 Å². The number of amides is 1. The lowest BCUT2D eigenvalue weighted by Gasteiger charge is -2.33. The molecule has 1 fully saturated rings. The summed E-state index contributed by atoms with van der Waals surface area (Å²) in [6.07, 6.45) is 1.73. The molecule has 0 spiro atoms. The SMILES string of the molecule is CCCCn1nc(C(=O)N2CCN(S(=O)(=O)c3cccs3)CC2)ccc1=O. The molecule has 3 heterocycles. The van der Waals surface area contributed by atoms with Gasteiger partial charge in [0.25, 0.3) is 21.5 Å². The Labute approximate surface area is 162 Å². The molecule has 2 aromatic heterocycles. The highest BCUT2D eigenvalue weighted by Gasteiger charge is 2.31. The molecule has 10 heteroatoms. The van der Waals surface area contributed by atoms with Crippen LogP contribution in [0.4, 0.5) is 0 Å². The summed E-state index contributed by atoms with van der Waals surface area (Å²) < 4.78 is 28.1. The van der Waals surface area contributed by atoms with Crippen molar-refractivity contribution in [2.75, 3.05) is 26.2 Å². The van der Waals surface area contributed by atoms with Gasteiger partial charge in [-0.25, -0.2) is 13.1 Å². The molecule has 8 nitrogen and oxygen atoms in total. The van der Waals surface area contributed by atoms with Gasteiger partial charge < -0.3 is 4.90 Å². The second kappa shape index (κ2) is 8.32. The van der Waals surface area contributed by atoms with Crippen molar-refractivity contribution in [3.05, 3.63) is 45.7 Å². The first-order valence-corrected chi connectivity index (χ1v) is 11.2. The van der Waals surface area contributed by atoms with E-state index in [1.54, 1.807) is 22.4 Å². The number of piperazine rings is 1. The third kappa shape index (κ3) is 4.28. The first-order valence-electron chi connectivity index (χ1n) is 8.84. The number of nitrogens with zero attached hydrogens (tertiary/aromatic N) is 4. The Kier molecular flexibility index (Phi) is 6.08. The van der Waals surface area contributed by atoms with Crippen molar-refractivity contribution in [1.82, 2.24) is 19.0 Å². The number of hydrogen-bond acceptors (Lipinski definition) is 6. The van der Waals surface area contributed by atoms with Gasteiger partial charge in [0.15, 0.2) is 0 Å². The molecule has 27 heavy (non-hydrogen) atoms. The van der Waals surface area contributed by atoms with Crippen LogP contribution >= 0.6 is 11.3 Å². The summed E-state index contributed by atoms with van der Waals surface area (Å²) >= 11 is 1.18. The van der Waals surface area contributed by atoms with Gasteiger partial charge in [-0.05, 0) is 23.9 Å². The fourth-order valence-electron chi connectivity index (χ4n) is 2.86. The summed E-state index contributed by atoms with van der Waals surface area (Å²) in [5, 5.41) is 5.90. The van der Waals surface area contributed by atoms with E-state index in [-0.39, 0.29) is 30.2 Å². The molecule has 0 bridgehead atoms. The zero-order chi connectivity index (χ0) is 19.4. The minimum absolute atomic E-state index is 0.209. The number of carbonyl (C=O) groups is 1. The van der Waals surface area contributed by atoms with Crippen molar-refractivity contribution in [1.29, 1.82) is 0 Å². The summed E-state index contributed by atoms with van der Waals surface area (Å²) in [6, 6.07) is 6.08. The first-order chi connectivity index (χ1) is 12.9. The fourth-order valence-corrected chi connectivity index (χ4v) is 5.43. The van der Waals surface area contributed by atoms with Crippen LogP contribution in [0, 0.1) is 0 Å². The van der Waals surface area contributed by atoms with Crippen LogP contribution in [0.3, 0.4) is 0 Å². The van der Waals surface area contributed by atoms with E-state index in [2.05, 4.69) is 5.10 Å². The van der Waals surface area contributed by atoms with Crippen LogP contribution < -0.4 is 5.56 Å². The third-order valence-electron chi connectivity index (χ3n) is 4.42. The number of thiophene rings is 1. The standard InChI is InChI=1S/C17H22N4O4S2/c1-2-3-8-21-15(22)7-6-14(18-21)17(23)19-9-11-20(12-10-19)27(24,25)16-5-4-13-26-16/h4-7,13H,2-3,8-12H2,1H3. The maximum absolute atomic E-state index is 12.7. The molecule has 1 aliphatic rings. The summed E-state index contributed by atoms with van der Waals surface area (Å²) in [5.41, 5.74) is -0.0212. The Hall–Kier alpha value is -2.04. The zero-order valence-corrected chi connectivity index (χ0v) is 16.7. The van der Waals surface area contributed by atoms with Crippen LogP contribution in [0.15, 0.2) is 38.6 Å². The highest BCUT2D eigenvalue weighted by molar-refractivity contribution is 7.91. The Morgan fingerprint density at radius 1 is 1.19 bits per heavy atom. The van der Waals surface area contributed by atoms with Gasteiger partial charge in [-0.3, -0.25) is 9.59 Å². The van der Waals surface area contributed by atoms with Gasteiger partial charge in [-0.1, -0.05) is 19.4 Å². The molecule has 0 N–H and O–H groups in total. The molecule has 0 aliphatic carbocycles. The topological polar surface area (TPSA) is 92.6 Å². The molecule has 0 atom stereocenters. The quantitative estimate of drug-likeness (QED) is 0.715. The van der Waals surface area contributed by atoms with E-state index in [1.165, 1.54) is 32.5 Å². The normalized spacial score (nSPS) is 15.8. The van der Waals surface area contributed by atoms with Crippen LogP contribution in [0.1, 0.15) is 30.3 Å². The van der Waals surface area contributed by atoms with E-state index in [9.17, 15) is 18.0 Å². The number of aromatic nitrogens is 2. The van der Waals surface area contributed by atoms with Crippen LogP contribution in [0.2, 0.25) is 0 Å². The van der Waals surface area contributed by atoms with Gasteiger partial charge in [0.1, 0.15) is 9.90 Å². The molecule has 2 aromatic rings. The second-order valence-corrected chi connectivity index (χ2v) is 9.37. The van der Waals surface area contributed by atoms with Gasteiger partial charge in [-0.15, -0.1) is 11.3 Å². The van der Waals surface area contributed by atoms with Gasteiger partial charge in [-0.2, -0.15) is 9.40 Å². The molecule has 1 saturated heterocycles. The van der Waals surface area contributed by atoms with Crippen molar-refractivity contribution in [3.63, 3.8) is 0 Å². The number of unbranched alkanes of at least 4 members (excludes halogenated alkanes) is 1. The van der Waals surface area contributed by atoms with Crippen LogP contribution in [0.25, 0.3) is 0 Å². The molecule has 0 saturated carbocycles. The Morgan fingerprint density at radius 3 is 2.56 bits per heavy atom. The van der Waals surface area contributed by atoms with E-state index < -0.39 is 10.0 Å². The number of rotatable bonds is 6. The molecule has 0 radical (unpaired) electrons. The lowest BCUT2D eigenvalue weighted by atomic mass is 10.3. The maximum Gasteiger partial charge on any atom is 0.274 e. The number of carbonyl (C=O) groups excluding carboxylic acids is 1. The molecule has 1 amide bonds. The van der Waals surface area contributed by atoms with Crippen LogP contribution in [0.5, 0.6) is 0 Å². The van der Waals surface area contributed by atoms with E-state index in [0.29, 0.717) is 23.8 Å². The zero-order valence-electron chi connectivity index (χ0n) is 15.1. The highest BCUT2D eigenvalue weighted by atomic mass is 32.2. The molecular formula is C17H22N4O4S2. The van der Waals surface area contributed by atoms with Crippen molar-refractivity contribution in [3.8, 4) is 0 Å². The van der Waals surface area contributed by atoms with Crippen molar-refractivity contribution in [2.45, 2.75) is 30.5 Å². The Bertz CT molecular complexity index is 946. The largest absolute Gasteiger partial charge is 0.335 e. The average molecular weight is 411 g/mol. The van der Waals surface area contributed by atoms with Gasteiger partial charge in [0, 0.05) is 38.8 Å². The van der Waals surface area contributed by atoms with E-state index in [4.69, 9.17) is 0 Å². The van der Waals surface area contributed by atoms with E-state index in [0.717, 1.165) is 12.8 Å². The number of hydrogen-bond donors (Lipinski definition) is 0. The smallest absolute Gasteiger partial charge is 0.274 e. The first kappa shape index (κ1) is 19.7. The lowest BCUT2D eigenvalue weighted by molar-refractivity contribution is 0.0689. The summed E-state index contributed by atoms with van der Waals surface area (Å²) in [5.74, 6) is -0.284. The minimum atomic E-state index is -3.50. The maximum atomic E-state index is 12.7. The molecule has 0 aromatic carbocycles. The number of sulfonamides is 1. The van der Waals surface area contributed by atoms with Crippen LogP contribution in [-0.4, -0.2) is 59.5 Å². The summed E-state index contributed by atoms with van der Waals surface area (Å²) in [4.78, 5) is 26.1. The minimum Gasteiger partial charge on any atom is -0.335 e. The highest BCUT2D eigenvalue weighted by Crippen LogP contribution is 2.22. The molecule has 0 unspecified atom stereocenters. The Balaban J connectivity index is 1.68. The van der Waals surface area contributed by atoms with Crippen molar-refractivity contribution < 1.29 is 13.2 Å².